The number of benzene rings is 1. The van der Waals surface area contributed by atoms with E-state index in [0.717, 1.165) is 16.7 Å². The van der Waals surface area contributed by atoms with Gasteiger partial charge in [-0.15, -0.1) is 0 Å². The Balaban J connectivity index is 2.23. The quantitative estimate of drug-likeness (QED) is 0.422. The summed E-state index contributed by atoms with van der Waals surface area (Å²) in [5.74, 6) is 0. The molecule has 2 heterocycles. The molecule has 0 N–H and O–H groups in total. The second-order valence-electron chi connectivity index (χ2n) is 4.17. The van der Waals surface area contributed by atoms with Crippen LogP contribution in [-0.4, -0.2) is 14.3 Å². The van der Waals surface area contributed by atoms with Crippen LogP contribution in [0.15, 0.2) is 69.4 Å². The molecular weight excluding hydrogens is 290 g/mol. The molecule has 0 atom stereocenters. The zero-order chi connectivity index (χ0) is 14.8. The molecule has 0 aliphatic heterocycles. The molecule has 0 aliphatic carbocycles. The predicted molar refractivity (Wildman–Crippen MR) is 78.7 cm³/mol. The van der Waals surface area contributed by atoms with Gasteiger partial charge in [-0.05, 0) is 24.3 Å². The van der Waals surface area contributed by atoms with E-state index in [2.05, 4.69) is 4.98 Å². The van der Waals surface area contributed by atoms with Crippen LogP contribution >= 0.6 is 11.8 Å². The standard InChI is InChI=1S/C14H9N3O3S/c18-14-12(17(19)20)13(21-10-6-2-1-3-7-10)15-11-8-4-5-9-16(11)14/h1-9H. The Hall–Kier alpha value is -2.67. The van der Waals surface area contributed by atoms with Crippen molar-refractivity contribution in [3.8, 4) is 0 Å². The Bertz CT molecular complexity index is 878. The highest BCUT2D eigenvalue weighted by atomic mass is 32.2. The first kappa shape index (κ1) is 13.3. The maximum absolute atomic E-state index is 12.2. The lowest BCUT2D eigenvalue weighted by atomic mass is 10.4. The van der Waals surface area contributed by atoms with Crippen molar-refractivity contribution in [2.45, 2.75) is 9.92 Å². The Labute approximate surface area is 123 Å². The largest absolute Gasteiger partial charge is 0.366 e. The molecule has 0 saturated carbocycles. The third-order valence-electron chi connectivity index (χ3n) is 2.82. The average molecular weight is 299 g/mol. The van der Waals surface area contributed by atoms with E-state index in [0.29, 0.717) is 5.65 Å². The fraction of sp³-hybridized carbons (Fsp3) is 0. The van der Waals surface area contributed by atoms with Crippen LogP contribution in [0.3, 0.4) is 0 Å². The van der Waals surface area contributed by atoms with E-state index in [9.17, 15) is 14.9 Å². The van der Waals surface area contributed by atoms with Gasteiger partial charge in [0, 0.05) is 11.1 Å². The first-order valence-electron chi connectivity index (χ1n) is 6.05. The SMILES string of the molecule is O=c1c([N+](=O)[O-])c(Sc2ccccc2)nc2ccccn12. The van der Waals surface area contributed by atoms with Gasteiger partial charge in [-0.1, -0.05) is 36.0 Å². The number of hydrogen-bond acceptors (Lipinski definition) is 5. The van der Waals surface area contributed by atoms with E-state index >= 15 is 0 Å². The topological polar surface area (TPSA) is 77.5 Å². The molecule has 3 aromatic rings. The molecule has 21 heavy (non-hydrogen) atoms. The van der Waals surface area contributed by atoms with Gasteiger partial charge in [-0.3, -0.25) is 19.3 Å². The molecule has 0 saturated heterocycles. The van der Waals surface area contributed by atoms with Gasteiger partial charge in [0.2, 0.25) is 0 Å². The van der Waals surface area contributed by atoms with Crippen LogP contribution in [-0.2, 0) is 0 Å². The van der Waals surface area contributed by atoms with Crippen molar-refractivity contribution < 1.29 is 4.92 Å². The fourth-order valence-electron chi connectivity index (χ4n) is 1.89. The summed E-state index contributed by atoms with van der Waals surface area (Å²) in [4.78, 5) is 27.8. The normalized spacial score (nSPS) is 10.7. The first-order valence-corrected chi connectivity index (χ1v) is 6.87. The molecule has 0 spiro atoms. The number of rotatable bonds is 3. The minimum Gasteiger partial charge on any atom is -0.262 e. The Morgan fingerprint density at radius 2 is 1.81 bits per heavy atom. The minimum atomic E-state index is -0.681. The number of pyridine rings is 1. The highest BCUT2D eigenvalue weighted by Gasteiger charge is 2.24. The van der Waals surface area contributed by atoms with Crippen molar-refractivity contribution in [1.29, 1.82) is 0 Å². The summed E-state index contributed by atoms with van der Waals surface area (Å²) in [5, 5.41) is 11.3. The van der Waals surface area contributed by atoms with Gasteiger partial charge in [0.15, 0.2) is 5.03 Å². The number of nitro groups is 1. The molecule has 0 amide bonds. The van der Waals surface area contributed by atoms with Crippen molar-refractivity contribution in [3.05, 3.63) is 75.2 Å². The second-order valence-corrected chi connectivity index (χ2v) is 5.23. The summed E-state index contributed by atoms with van der Waals surface area (Å²) in [5.41, 5.74) is -0.803. The molecule has 1 aromatic carbocycles. The molecule has 6 nitrogen and oxygen atoms in total. The van der Waals surface area contributed by atoms with E-state index in [-0.39, 0.29) is 5.03 Å². The monoisotopic (exact) mass is 299 g/mol. The van der Waals surface area contributed by atoms with Gasteiger partial charge >= 0.3 is 11.2 Å². The van der Waals surface area contributed by atoms with E-state index < -0.39 is 16.2 Å². The van der Waals surface area contributed by atoms with E-state index in [1.54, 1.807) is 18.2 Å². The van der Waals surface area contributed by atoms with Crippen molar-refractivity contribution >= 4 is 23.1 Å². The fourth-order valence-corrected chi connectivity index (χ4v) is 2.80. The molecule has 104 valence electrons. The van der Waals surface area contributed by atoms with Gasteiger partial charge in [-0.2, -0.15) is 0 Å². The van der Waals surface area contributed by atoms with Crippen LogP contribution in [0.5, 0.6) is 0 Å². The highest BCUT2D eigenvalue weighted by Crippen LogP contribution is 2.31. The van der Waals surface area contributed by atoms with E-state index in [1.807, 2.05) is 30.3 Å². The van der Waals surface area contributed by atoms with Crippen molar-refractivity contribution in [3.63, 3.8) is 0 Å². The summed E-state index contributed by atoms with van der Waals surface area (Å²) >= 11 is 1.11. The zero-order valence-electron chi connectivity index (χ0n) is 10.7. The van der Waals surface area contributed by atoms with Crippen molar-refractivity contribution in [1.82, 2.24) is 9.38 Å². The molecule has 0 fully saturated rings. The average Bonchev–Trinajstić information content (AvgIpc) is 2.48. The summed E-state index contributed by atoms with van der Waals surface area (Å²) in [7, 11) is 0. The third-order valence-corrected chi connectivity index (χ3v) is 3.80. The summed E-state index contributed by atoms with van der Waals surface area (Å²) in [6.07, 6.45) is 1.47. The maximum atomic E-state index is 12.2. The van der Waals surface area contributed by atoms with Gasteiger partial charge in [0.25, 0.3) is 0 Å². The first-order chi connectivity index (χ1) is 10.2. The van der Waals surface area contributed by atoms with Crippen LogP contribution in [0.1, 0.15) is 0 Å². The molecule has 0 unspecified atom stereocenters. The smallest absolute Gasteiger partial charge is 0.262 e. The van der Waals surface area contributed by atoms with Crippen LogP contribution in [0.2, 0.25) is 0 Å². The highest BCUT2D eigenvalue weighted by molar-refractivity contribution is 7.99. The van der Waals surface area contributed by atoms with Crippen LogP contribution < -0.4 is 5.56 Å². The molecule has 3 rings (SSSR count). The summed E-state index contributed by atoms with van der Waals surface area (Å²) < 4.78 is 1.17. The molecule has 0 bridgehead atoms. The third kappa shape index (κ3) is 2.50. The molecular formula is C14H9N3O3S. The number of hydrogen-bond donors (Lipinski definition) is 0. The molecule has 0 aliphatic rings. The maximum Gasteiger partial charge on any atom is 0.366 e. The number of nitrogens with zero attached hydrogens (tertiary/aromatic N) is 3. The van der Waals surface area contributed by atoms with Gasteiger partial charge in [-0.25, -0.2) is 4.98 Å². The van der Waals surface area contributed by atoms with Gasteiger partial charge in [0.1, 0.15) is 5.65 Å². The van der Waals surface area contributed by atoms with Crippen LogP contribution in [0.4, 0.5) is 5.69 Å². The van der Waals surface area contributed by atoms with E-state index in [4.69, 9.17) is 0 Å². The molecule has 2 aromatic heterocycles. The van der Waals surface area contributed by atoms with Gasteiger partial charge < -0.3 is 0 Å². The lowest BCUT2D eigenvalue weighted by molar-refractivity contribution is -0.389. The van der Waals surface area contributed by atoms with Crippen LogP contribution in [0.25, 0.3) is 5.65 Å². The Morgan fingerprint density at radius 1 is 1.10 bits per heavy atom. The molecule has 0 radical (unpaired) electrons. The second kappa shape index (κ2) is 5.37. The predicted octanol–water partition coefficient (Wildman–Crippen LogP) is 2.75. The van der Waals surface area contributed by atoms with Crippen molar-refractivity contribution in [2.75, 3.05) is 0 Å². The number of fused-ring (bicyclic) bond motifs is 1. The Morgan fingerprint density at radius 3 is 2.52 bits per heavy atom. The Kier molecular flexibility index (Phi) is 3.41. The zero-order valence-corrected chi connectivity index (χ0v) is 11.5. The minimum absolute atomic E-state index is 0.0994. The summed E-state index contributed by atoms with van der Waals surface area (Å²) in [6, 6.07) is 14.1. The lowest BCUT2D eigenvalue weighted by Crippen LogP contribution is -2.19. The van der Waals surface area contributed by atoms with E-state index in [1.165, 1.54) is 10.6 Å². The molecule has 7 heteroatoms. The van der Waals surface area contributed by atoms with Crippen molar-refractivity contribution in [2.24, 2.45) is 0 Å². The van der Waals surface area contributed by atoms with Crippen LogP contribution in [0, 0.1) is 10.1 Å². The number of aromatic nitrogens is 2. The van der Waals surface area contributed by atoms with Gasteiger partial charge in [0.05, 0.1) is 4.92 Å². The summed E-state index contributed by atoms with van der Waals surface area (Å²) in [6.45, 7) is 0. The lowest BCUT2D eigenvalue weighted by Gasteiger charge is -2.04.